The molecule has 2 fully saturated rings. The summed E-state index contributed by atoms with van der Waals surface area (Å²) in [4.78, 5) is 16.8. The Morgan fingerprint density at radius 1 is 1.07 bits per heavy atom. The van der Waals surface area contributed by atoms with Crippen molar-refractivity contribution in [3.05, 3.63) is 59.7 Å². The van der Waals surface area contributed by atoms with Crippen LogP contribution in [-0.4, -0.2) is 68.3 Å². The van der Waals surface area contributed by atoms with Crippen molar-refractivity contribution in [2.24, 2.45) is 0 Å². The van der Waals surface area contributed by atoms with Gasteiger partial charge in [0.15, 0.2) is 0 Å². The van der Waals surface area contributed by atoms with E-state index in [-0.39, 0.29) is 12.0 Å². The zero-order valence-electron chi connectivity index (χ0n) is 16.2. The third-order valence-corrected chi connectivity index (χ3v) is 5.15. The molecule has 2 heterocycles. The highest BCUT2D eigenvalue weighted by atomic mass is 16.5. The maximum Gasteiger partial charge on any atom is 0.254 e. The van der Waals surface area contributed by atoms with E-state index in [1.165, 1.54) is 5.56 Å². The molecule has 0 aromatic heterocycles. The van der Waals surface area contributed by atoms with E-state index in [9.17, 15) is 4.79 Å². The number of carbonyl (C=O) groups is 1. The average molecular weight is 382 g/mol. The lowest BCUT2D eigenvalue weighted by atomic mass is 10.1. The zero-order chi connectivity index (χ0) is 19.3. The van der Waals surface area contributed by atoms with E-state index in [1.807, 2.05) is 41.3 Å². The summed E-state index contributed by atoms with van der Waals surface area (Å²) < 4.78 is 16.7. The summed E-state index contributed by atoms with van der Waals surface area (Å²) in [6.07, 6.45) is 0.152. The molecular formula is C22H26N2O4. The van der Waals surface area contributed by atoms with Gasteiger partial charge in [0.05, 0.1) is 20.3 Å². The number of ether oxygens (including phenoxy) is 3. The molecule has 2 aliphatic rings. The number of hydrogen-bond donors (Lipinski definition) is 0. The number of methoxy groups -OCH3 is 1. The molecule has 0 bridgehead atoms. The first-order chi connectivity index (χ1) is 13.7. The number of carbonyl (C=O) groups excluding carboxylic acids is 1. The molecule has 6 heteroatoms. The Balaban J connectivity index is 1.29. The third-order valence-electron chi connectivity index (χ3n) is 5.15. The molecule has 2 aliphatic heterocycles. The van der Waals surface area contributed by atoms with Crippen molar-refractivity contribution in [3.8, 4) is 11.5 Å². The molecule has 148 valence electrons. The van der Waals surface area contributed by atoms with Gasteiger partial charge in [0.25, 0.3) is 5.91 Å². The van der Waals surface area contributed by atoms with Crippen LogP contribution >= 0.6 is 0 Å². The van der Waals surface area contributed by atoms with Gasteiger partial charge in [-0.15, -0.1) is 0 Å². The van der Waals surface area contributed by atoms with Crippen LogP contribution in [0.25, 0.3) is 0 Å². The Kier molecular flexibility index (Phi) is 5.78. The molecule has 2 aromatic carbocycles. The summed E-state index contributed by atoms with van der Waals surface area (Å²) in [7, 11) is 1.69. The molecule has 4 rings (SSSR count). The minimum Gasteiger partial charge on any atom is -0.497 e. The predicted molar refractivity (Wildman–Crippen MR) is 106 cm³/mol. The molecule has 0 radical (unpaired) electrons. The smallest absolute Gasteiger partial charge is 0.254 e. The fraction of sp³-hybridized carbons (Fsp3) is 0.409. The quantitative estimate of drug-likeness (QED) is 0.768. The first kappa shape index (κ1) is 18.8. The van der Waals surface area contributed by atoms with Gasteiger partial charge in [-0.05, 0) is 35.9 Å². The highest BCUT2D eigenvalue weighted by Gasteiger charge is 2.28. The predicted octanol–water partition coefficient (Wildman–Crippen LogP) is 2.43. The number of hydrogen-bond acceptors (Lipinski definition) is 5. The molecule has 2 aromatic rings. The van der Waals surface area contributed by atoms with Crippen molar-refractivity contribution < 1.29 is 19.0 Å². The number of morpholine rings is 1. The van der Waals surface area contributed by atoms with Gasteiger partial charge in [0.1, 0.15) is 17.6 Å². The van der Waals surface area contributed by atoms with Gasteiger partial charge >= 0.3 is 0 Å². The lowest BCUT2D eigenvalue weighted by Gasteiger charge is -2.39. The molecule has 6 nitrogen and oxygen atoms in total. The fourth-order valence-electron chi connectivity index (χ4n) is 3.60. The van der Waals surface area contributed by atoms with Gasteiger partial charge < -0.3 is 19.1 Å². The van der Waals surface area contributed by atoms with Crippen molar-refractivity contribution in [1.29, 1.82) is 0 Å². The van der Waals surface area contributed by atoms with Crippen LogP contribution < -0.4 is 9.47 Å². The van der Waals surface area contributed by atoms with Gasteiger partial charge in [0, 0.05) is 38.3 Å². The van der Waals surface area contributed by atoms with Crippen molar-refractivity contribution >= 4 is 5.91 Å². The number of rotatable bonds is 6. The Morgan fingerprint density at radius 3 is 2.61 bits per heavy atom. The van der Waals surface area contributed by atoms with Crippen LogP contribution in [0, 0.1) is 0 Å². The number of likely N-dealkylation sites (tertiary alicyclic amines) is 1. The second kappa shape index (κ2) is 8.63. The number of benzene rings is 2. The van der Waals surface area contributed by atoms with Crippen molar-refractivity contribution in [3.63, 3.8) is 0 Å². The summed E-state index contributed by atoms with van der Waals surface area (Å²) in [5.41, 5.74) is 1.91. The standard InChI is InChI=1S/C22H26N2O4/c1-26-19-6-2-4-17(12-19)14-23-15-21(16-23)28-20-7-3-5-18(13-20)22(25)24-8-10-27-11-9-24/h2-7,12-13,21H,8-11,14-16H2,1H3. The van der Waals surface area contributed by atoms with Gasteiger partial charge in [-0.25, -0.2) is 0 Å². The Hall–Kier alpha value is -2.57. The van der Waals surface area contributed by atoms with Crippen LogP contribution in [0.3, 0.4) is 0 Å². The van der Waals surface area contributed by atoms with E-state index >= 15 is 0 Å². The van der Waals surface area contributed by atoms with Crippen LogP contribution in [0.4, 0.5) is 0 Å². The van der Waals surface area contributed by atoms with E-state index in [0.717, 1.165) is 31.1 Å². The van der Waals surface area contributed by atoms with Gasteiger partial charge in [0.2, 0.25) is 0 Å². The van der Waals surface area contributed by atoms with E-state index in [2.05, 4.69) is 17.0 Å². The van der Waals surface area contributed by atoms with Gasteiger partial charge in [-0.3, -0.25) is 9.69 Å². The monoisotopic (exact) mass is 382 g/mol. The molecule has 0 spiro atoms. The Morgan fingerprint density at radius 2 is 1.82 bits per heavy atom. The number of nitrogens with zero attached hydrogens (tertiary/aromatic N) is 2. The normalized spacial score (nSPS) is 17.8. The fourth-order valence-corrected chi connectivity index (χ4v) is 3.60. The van der Waals surface area contributed by atoms with Crippen LogP contribution in [0.2, 0.25) is 0 Å². The SMILES string of the molecule is COc1cccc(CN2CC(Oc3cccc(C(=O)N4CCOCC4)c3)C2)c1. The van der Waals surface area contributed by atoms with Crippen molar-refractivity contribution in [2.75, 3.05) is 46.5 Å². The van der Waals surface area contributed by atoms with E-state index in [0.29, 0.717) is 31.9 Å². The minimum atomic E-state index is 0.0435. The van der Waals surface area contributed by atoms with Crippen LogP contribution in [0.15, 0.2) is 48.5 Å². The topological polar surface area (TPSA) is 51.2 Å². The lowest BCUT2D eigenvalue weighted by Crippen LogP contribution is -2.53. The molecule has 2 saturated heterocycles. The maximum atomic E-state index is 12.6. The van der Waals surface area contributed by atoms with Crippen LogP contribution in [-0.2, 0) is 11.3 Å². The minimum absolute atomic E-state index is 0.0435. The molecule has 0 atom stereocenters. The first-order valence-electron chi connectivity index (χ1n) is 9.70. The average Bonchev–Trinajstić information content (AvgIpc) is 2.72. The van der Waals surface area contributed by atoms with Crippen molar-refractivity contribution in [1.82, 2.24) is 9.80 Å². The summed E-state index contributed by atoms with van der Waals surface area (Å²) >= 11 is 0. The van der Waals surface area contributed by atoms with E-state index < -0.39 is 0 Å². The first-order valence-corrected chi connectivity index (χ1v) is 9.70. The second-order valence-corrected chi connectivity index (χ2v) is 7.22. The number of amides is 1. The Labute approximate surface area is 165 Å². The van der Waals surface area contributed by atoms with Gasteiger partial charge in [-0.1, -0.05) is 18.2 Å². The van der Waals surface area contributed by atoms with Crippen LogP contribution in [0.5, 0.6) is 11.5 Å². The molecule has 28 heavy (non-hydrogen) atoms. The Bertz CT molecular complexity index is 814. The second-order valence-electron chi connectivity index (χ2n) is 7.22. The van der Waals surface area contributed by atoms with Gasteiger partial charge in [-0.2, -0.15) is 0 Å². The highest BCUT2D eigenvalue weighted by molar-refractivity contribution is 5.94. The van der Waals surface area contributed by atoms with E-state index in [4.69, 9.17) is 14.2 Å². The zero-order valence-corrected chi connectivity index (χ0v) is 16.2. The summed E-state index contributed by atoms with van der Waals surface area (Å²) in [6.45, 7) is 5.13. The van der Waals surface area contributed by atoms with Crippen molar-refractivity contribution in [2.45, 2.75) is 12.6 Å². The van der Waals surface area contributed by atoms with Crippen LogP contribution in [0.1, 0.15) is 15.9 Å². The molecule has 0 saturated carbocycles. The molecule has 0 unspecified atom stereocenters. The maximum absolute atomic E-state index is 12.6. The highest BCUT2D eigenvalue weighted by Crippen LogP contribution is 2.23. The lowest BCUT2D eigenvalue weighted by molar-refractivity contribution is 0.0143. The largest absolute Gasteiger partial charge is 0.497 e. The van der Waals surface area contributed by atoms with E-state index in [1.54, 1.807) is 7.11 Å². The molecule has 0 N–H and O–H groups in total. The summed E-state index contributed by atoms with van der Waals surface area (Å²) in [5, 5.41) is 0. The molecule has 1 amide bonds. The summed E-state index contributed by atoms with van der Waals surface area (Å²) in [6, 6.07) is 15.6. The third kappa shape index (κ3) is 4.46. The molecule has 0 aliphatic carbocycles. The molecular weight excluding hydrogens is 356 g/mol. The summed E-state index contributed by atoms with van der Waals surface area (Å²) in [5.74, 6) is 1.68.